The third-order valence-electron chi connectivity index (χ3n) is 4.23. The van der Waals surface area contributed by atoms with Crippen molar-refractivity contribution in [1.82, 2.24) is 0 Å². The van der Waals surface area contributed by atoms with Gasteiger partial charge in [0.05, 0.1) is 12.8 Å². The van der Waals surface area contributed by atoms with Crippen molar-refractivity contribution in [3.63, 3.8) is 0 Å². The van der Waals surface area contributed by atoms with Crippen LogP contribution in [-0.2, 0) is 23.9 Å². The van der Waals surface area contributed by atoms with Crippen molar-refractivity contribution >= 4 is 52.5 Å². The lowest BCUT2D eigenvalue weighted by Crippen LogP contribution is -2.21. The lowest BCUT2D eigenvalue weighted by Gasteiger charge is -2.06. The van der Waals surface area contributed by atoms with Crippen molar-refractivity contribution in [3.05, 3.63) is 69.7 Å². The molecule has 0 fully saturated rings. The van der Waals surface area contributed by atoms with Gasteiger partial charge in [0, 0.05) is 34.0 Å². The second-order valence-electron chi connectivity index (χ2n) is 6.72. The number of hydrogen-bond acceptors (Lipinski definition) is 7. The molecule has 0 aromatic heterocycles. The molecule has 0 aliphatic heterocycles. The van der Waals surface area contributed by atoms with E-state index in [1.165, 1.54) is 0 Å². The highest BCUT2D eigenvalue weighted by Gasteiger charge is 2.15. The van der Waals surface area contributed by atoms with Gasteiger partial charge in [-0.05, 0) is 48.5 Å². The van der Waals surface area contributed by atoms with Gasteiger partial charge >= 0.3 is 11.9 Å². The van der Waals surface area contributed by atoms with Crippen LogP contribution in [-0.4, -0.2) is 42.5 Å². The average molecular weight is 479 g/mol. The molecule has 2 aromatic carbocycles. The van der Waals surface area contributed by atoms with Crippen LogP contribution in [0.25, 0.3) is 0 Å². The van der Waals surface area contributed by atoms with Gasteiger partial charge in [-0.3, -0.25) is 24.0 Å². The largest absolute Gasteiger partial charge is 0.458 e. The fraction of sp³-hybridized carbons (Fsp3) is 0.261. The third kappa shape index (κ3) is 8.99. The zero-order chi connectivity index (χ0) is 23.5. The Morgan fingerprint density at radius 2 is 0.906 bits per heavy atom. The number of ketones is 3. The molecule has 0 aliphatic carbocycles. The summed E-state index contributed by atoms with van der Waals surface area (Å²) in [7, 11) is 0. The zero-order valence-corrected chi connectivity index (χ0v) is 18.5. The Labute approximate surface area is 194 Å². The fourth-order valence-electron chi connectivity index (χ4n) is 2.50. The molecule has 0 atom stereocenters. The number of carbonyl (C=O) groups is 5. The monoisotopic (exact) mass is 478 g/mol. The van der Waals surface area contributed by atoms with Gasteiger partial charge in [-0.25, -0.2) is 0 Å². The number of ether oxygens (including phenoxy) is 2. The Bertz CT molecular complexity index is 903. The molecule has 0 unspecified atom stereocenters. The van der Waals surface area contributed by atoms with Crippen LogP contribution in [0.2, 0.25) is 10.0 Å². The van der Waals surface area contributed by atoms with Crippen LogP contribution in [0.5, 0.6) is 0 Å². The van der Waals surface area contributed by atoms with Crippen molar-refractivity contribution in [2.45, 2.75) is 25.7 Å². The predicted octanol–water partition coefficient (Wildman–Crippen LogP) is 4.27. The maximum absolute atomic E-state index is 12.0. The van der Waals surface area contributed by atoms with Gasteiger partial charge in [-0.1, -0.05) is 23.2 Å². The van der Waals surface area contributed by atoms with Crippen LogP contribution in [0.15, 0.2) is 48.5 Å². The summed E-state index contributed by atoms with van der Waals surface area (Å²) in [4.78, 5) is 59.1. The molecule has 9 heteroatoms. The second kappa shape index (κ2) is 12.7. The summed E-state index contributed by atoms with van der Waals surface area (Å²) in [5.74, 6) is -2.58. The summed E-state index contributed by atoms with van der Waals surface area (Å²) in [6.45, 7) is -1.16. The highest BCUT2D eigenvalue weighted by molar-refractivity contribution is 6.31. The second-order valence-corrected chi connectivity index (χ2v) is 7.59. The molecule has 32 heavy (non-hydrogen) atoms. The summed E-state index contributed by atoms with van der Waals surface area (Å²) in [6, 6.07) is 12.5. The Kier molecular flexibility index (Phi) is 10.0. The molecule has 0 aliphatic rings. The average Bonchev–Trinajstić information content (AvgIpc) is 2.79. The van der Waals surface area contributed by atoms with Gasteiger partial charge in [-0.2, -0.15) is 0 Å². The fourth-order valence-corrected chi connectivity index (χ4v) is 2.75. The molecule has 2 aromatic rings. The topological polar surface area (TPSA) is 104 Å². The van der Waals surface area contributed by atoms with E-state index in [0.29, 0.717) is 21.2 Å². The molecule has 2 rings (SSSR count). The van der Waals surface area contributed by atoms with Crippen LogP contribution in [0, 0.1) is 0 Å². The first-order valence-corrected chi connectivity index (χ1v) is 10.4. The van der Waals surface area contributed by atoms with E-state index >= 15 is 0 Å². The number of hydrogen-bond donors (Lipinski definition) is 0. The quantitative estimate of drug-likeness (QED) is 0.331. The highest BCUT2D eigenvalue weighted by atomic mass is 35.5. The number of benzene rings is 2. The normalized spacial score (nSPS) is 10.3. The number of halogens is 2. The van der Waals surface area contributed by atoms with Crippen LogP contribution in [0.1, 0.15) is 46.4 Å². The van der Waals surface area contributed by atoms with Crippen LogP contribution in [0.4, 0.5) is 0 Å². The summed E-state index contributed by atoms with van der Waals surface area (Å²) >= 11 is 11.5. The molecular weight excluding hydrogens is 459 g/mol. The van der Waals surface area contributed by atoms with Crippen molar-refractivity contribution in [3.8, 4) is 0 Å². The van der Waals surface area contributed by atoms with Crippen molar-refractivity contribution in [2.75, 3.05) is 13.2 Å². The number of esters is 2. The van der Waals surface area contributed by atoms with Crippen LogP contribution < -0.4 is 0 Å². The summed E-state index contributed by atoms with van der Waals surface area (Å²) in [6.07, 6.45) is -0.542. The summed E-state index contributed by atoms with van der Waals surface area (Å²) in [5, 5.41) is 0.988. The smallest absolute Gasteiger partial charge is 0.306 e. The lowest BCUT2D eigenvalue weighted by atomic mass is 10.1. The molecule has 0 saturated carbocycles. The molecule has 168 valence electrons. The van der Waals surface area contributed by atoms with Gasteiger partial charge in [-0.15, -0.1) is 0 Å². The molecule has 0 bridgehead atoms. The van der Waals surface area contributed by atoms with Crippen LogP contribution in [0.3, 0.4) is 0 Å². The van der Waals surface area contributed by atoms with Gasteiger partial charge in [0.15, 0.2) is 24.8 Å². The molecule has 0 saturated heterocycles. The Hall–Kier alpha value is -3.03. The van der Waals surface area contributed by atoms with E-state index in [2.05, 4.69) is 0 Å². The minimum absolute atomic E-state index is 0.0781. The van der Waals surface area contributed by atoms with E-state index in [-0.39, 0.29) is 37.2 Å². The van der Waals surface area contributed by atoms with Gasteiger partial charge < -0.3 is 9.47 Å². The maximum atomic E-state index is 12.0. The third-order valence-corrected chi connectivity index (χ3v) is 4.74. The molecule has 0 spiro atoms. The van der Waals surface area contributed by atoms with E-state index < -0.39 is 30.9 Å². The van der Waals surface area contributed by atoms with Gasteiger partial charge in [0.1, 0.15) is 0 Å². The first-order valence-electron chi connectivity index (χ1n) is 9.65. The van der Waals surface area contributed by atoms with Crippen molar-refractivity contribution in [1.29, 1.82) is 0 Å². The number of rotatable bonds is 12. The Morgan fingerprint density at radius 1 is 0.562 bits per heavy atom. The first kappa shape index (κ1) is 25.2. The summed E-state index contributed by atoms with van der Waals surface area (Å²) < 4.78 is 9.58. The minimum Gasteiger partial charge on any atom is -0.458 e. The summed E-state index contributed by atoms with van der Waals surface area (Å²) in [5.41, 5.74) is 0.833. The van der Waals surface area contributed by atoms with Gasteiger partial charge in [0.2, 0.25) is 5.78 Å². The van der Waals surface area contributed by atoms with Crippen LogP contribution >= 0.6 is 23.2 Å². The molecule has 0 heterocycles. The number of carbonyl (C=O) groups excluding carboxylic acids is 5. The van der Waals surface area contributed by atoms with Crippen molar-refractivity contribution in [2.24, 2.45) is 0 Å². The minimum atomic E-state index is -0.722. The standard InChI is InChI=1S/C23H20Cl2O7/c24-17-5-1-15(2-6-17)20(27)9-11-22(29)31-13-19(26)14-32-23(30)12-10-21(28)16-3-7-18(25)8-4-16/h1-8H,9-14H2. The van der Waals surface area contributed by atoms with E-state index in [9.17, 15) is 24.0 Å². The maximum Gasteiger partial charge on any atom is 0.306 e. The molecular formula is C23H20Cl2O7. The zero-order valence-electron chi connectivity index (χ0n) is 17.0. The SMILES string of the molecule is O=C(COC(=O)CCC(=O)c1ccc(Cl)cc1)COC(=O)CCC(=O)c1ccc(Cl)cc1. The van der Waals surface area contributed by atoms with E-state index in [1.807, 2.05) is 0 Å². The molecule has 0 radical (unpaired) electrons. The Balaban J connectivity index is 1.60. The van der Waals surface area contributed by atoms with E-state index in [4.69, 9.17) is 32.7 Å². The van der Waals surface area contributed by atoms with E-state index in [1.54, 1.807) is 48.5 Å². The van der Waals surface area contributed by atoms with E-state index in [0.717, 1.165) is 0 Å². The molecule has 0 N–H and O–H groups in total. The highest BCUT2D eigenvalue weighted by Crippen LogP contribution is 2.13. The molecule has 7 nitrogen and oxygen atoms in total. The lowest BCUT2D eigenvalue weighted by molar-refractivity contribution is -0.153. The van der Waals surface area contributed by atoms with Gasteiger partial charge in [0.25, 0.3) is 0 Å². The Morgan fingerprint density at radius 3 is 1.25 bits per heavy atom. The van der Waals surface area contributed by atoms with Crippen molar-refractivity contribution < 1.29 is 33.4 Å². The molecule has 0 amide bonds. The predicted molar refractivity (Wildman–Crippen MR) is 117 cm³/mol. The first-order chi connectivity index (χ1) is 15.2. The number of Topliss-reactive ketones (excluding diaryl/α,β-unsaturated/α-hetero) is 3.